The number of piperazine rings is 1. The molecular formula is C14H22ClN3. The molecule has 1 fully saturated rings. The van der Waals surface area contributed by atoms with E-state index in [2.05, 4.69) is 29.0 Å². The maximum atomic E-state index is 6.09. The third-order valence-electron chi connectivity index (χ3n) is 3.43. The summed E-state index contributed by atoms with van der Waals surface area (Å²) in [5, 5.41) is 0.795. The molecule has 0 radical (unpaired) electrons. The molecule has 1 aliphatic heterocycles. The first-order chi connectivity index (χ1) is 8.56. The number of hydrogen-bond donors (Lipinski definition) is 1. The summed E-state index contributed by atoms with van der Waals surface area (Å²) in [5.41, 5.74) is 8.49. The van der Waals surface area contributed by atoms with Crippen molar-refractivity contribution in [1.82, 2.24) is 4.90 Å². The summed E-state index contributed by atoms with van der Waals surface area (Å²) in [5.74, 6) is 0. The van der Waals surface area contributed by atoms with Gasteiger partial charge in [0, 0.05) is 42.9 Å². The van der Waals surface area contributed by atoms with E-state index in [0.717, 1.165) is 37.6 Å². The predicted octanol–water partition coefficient (Wildman–Crippen LogP) is 1.98. The summed E-state index contributed by atoms with van der Waals surface area (Å²) in [6.45, 7) is 6.41. The number of likely N-dealkylation sites (N-methyl/N-ethyl adjacent to an activating group) is 1. The first-order valence-corrected chi connectivity index (χ1v) is 6.91. The molecule has 1 heterocycles. The lowest BCUT2D eigenvalue weighted by molar-refractivity contribution is 0.312. The Bertz CT molecular complexity index is 398. The van der Waals surface area contributed by atoms with Crippen LogP contribution < -0.4 is 10.6 Å². The summed E-state index contributed by atoms with van der Waals surface area (Å²) in [6.07, 6.45) is 0.877. The van der Waals surface area contributed by atoms with Crippen molar-refractivity contribution < 1.29 is 0 Å². The van der Waals surface area contributed by atoms with Crippen molar-refractivity contribution in [2.45, 2.75) is 19.4 Å². The van der Waals surface area contributed by atoms with Gasteiger partial charge in [-0.1, -0.05) is 11.6 Å². The van der Waals surface area contributed by atoms with Crippen molar-refractivity contribution in [2.24, 2.45) is 5.73 Å². The molecule has 4 heteroatoms. The van der Waals surface area contributed by atoms with Crippen molar-refractivity contribution in [1.29, 1.82) is 0 Å². The molecule has 1 atom stereocenters. The highest BCUT2D eigenvalue weighted by atomic mass is 35.5. The van der Waals surface area contributed by atoms with Crippen molar-refractivity contribution in [3.8, 4) is 0 Å². The fraction of sp³-hybridized carbons (Fsp3) is 0.571. The highest BCUT2D eigenvalue weighted by Gasteiger charge is 2.17. The molecular weight excluding hydrogens is 246 g/mol. The topological polar surface area (TPSA) is 32.5 Å². The Balaban J connectivity index is 2.20. The number of hydrogen-bond acceptors (Lipinski definition) is 3. The van der Waals surface area contributed by atoms with E-state index in [1.54, 1.807) is 0 Å². The molecule has 0 amide bonds. The van der Waals surface area contributed by atoms with Crippen LogP contribution in [0.1, 0.15) is 12.5 Å². The third kappa shape index (κ3) is 3.37. The minimum atomic E-state index is 0.162. The Morgan fingerprint density at radius 1 is 1.28 bits per heavy atom. The van der Waals surface area contributed by atoms with Crippen LogP contribution in [0.25, 0.3) is 0 Å². The molecule has 0 saturated carbocycles. The van der Waals surface area contributed by atoms with Gasteiger partial charge in [-0.25, -0.2) is 0 Å². The smallest absolute Gasteiger partial charge is 0.0410 e. The largest absolute Gasteiger partial charge is 0.369 e. The average molecular weight is 268 g/mol. The van der Waals surface area contributed by atoms with Gasteiger partial charge in [0.25, 0.3) is 0 Å². The maximum absolute atomic E-state index is 6.09. The van der Waals surface area contributed by atoms with Crippen LogP contribution in [0.4, 0.5) is 5.69 Å². The lowest BCUT2D eigenvalue weighted by atomic mass is 10.0. The van der Waals surface area contributed by atoms with Crippen molar-refractivity contribution in [3.63, 3.8) is 0 Å². The Labute approximate surface area is 115 Å². The monoisotopic (exact) mass is 267 g/mol. The van der Waals surface area contributed by atoms with E-state index in [0.29, 0.717) is 0 Å². The second-order valence-corrected chi connectivity index (χ2v) is 5.68. The zero-order valence-electron chi connectivity index (χ0n) is 11.2. The Kier molecular flexibility index (Phi) is 4.49. The normalized spacial score (nSPS) is 19.0. The van der Waals surface area contributed by atoms with Crippen molar-refractivity contribution in [2.75, 3.05) is 38.1 Å². The van der Waals surface area contributed by atoms with Crippen LogP contribution in [-0.4, -0.2) is 44.2 Å². The molecule has 2 rings (SSSR count). The molecule has 1 aromatic carbocycles. The van der Waals surface area contributed by atoms with Gasteiger partial charge in [0.2, 0.25) is 0 Å². The summed E-state index contributed by atoms with van der Waals surface area (Å²) in [4.78, 5) is 4.80. The van der Waals surface area contributed by atoms with Gasteiger partial charge in [0.1, 0.15) is 0 Å². The third-order valence-corrected chi connectivity index (χ3v) is 3.66. The molecule has 0 spiro atoms. The van der Waals surface area contributed by atoms with Crippen LogP contribution in [-0.2, 0) is 6.42 Å². The summed E-state index contributed by atoms with van der Waals surface area (Å²) in [7, 11) is 2.17. The molecule has 0 aliphatic carbocycles. The molecule has 1 saturated heterocycles. The first-order valence-electron chi connectivity index (χ1n) is 6.54. The molecule has 1 aliphatic rings. The number of benzene rings is 1. The zero-order chi connectivity index (χ0) is 13.1. The van der Waals surface area contributed by atoms with Gasteiger partial charge in [0.15, 0.2) is 0 Å². The fourth-order valence-corrected chi connectivity index (χ4v) is 2.62. The SMILES string of the molecule is CC(N)Cc1cc(Cl)ccc1N1CCN(C)CC1. The molecule has 3 nitrogen and oxygen atoms in total. The molecule has 18 heavy (non-hydrogen) atoms. The van der Waals surface area contributed by atoms with E-state index in [4.69, 9.17) is 17.3 Å². The molecule has 0 bridgehead atoms. The summed E-state index contributed by atoms with van der Waals surface area (Å²) >= 11 is 6.09. The molecule has 1 unspecified atom stereocenters. The van der Waals surface area contributed by atoms with E-state index in [1.165, 1.54) is 11.3 Å². The molecule has 100 valence electrons. The van der Waals surface area contributed by atoms with Gasteiger partial charge >= 0.3 is 0 Å². The predicted molar refractivity (Wildman–Crippen MR) is 78.5 cm³/mol. The fourth-order valence-electron chi connectivity index (χ4n) is 2.42. The number of nitrogens with zero attached hydrogens (tertiary/aromatic N) is 2. The van der Waals surface area contributed by atoms with E-state index in [-0.39, 0.29) is 6.04 Å². The number of halogens is 1. The zero-order valence-corrected chi connectivity index (χ0v) is 12.0. The Morgan fingerprint density at radius 3 is 2.56 bits per heavy atom. The quantitative estimate of drug-likeness (QED) is 0.909. The van der Waals surface area contributed by atoms with Crippen LogP contribution in [0.15, 0.2) is 18.2 Å². The lowest BCUT2D eigenvalue weighted by Crippen LogP contribution is -2.45. The number of anilines is 1. The van der Waals surface area contributed by atoms with Crippen LogP contribution in [0.3, 0.4) is 0 Å². The van der Waals surface area contributed by atoms with Gasteiger partial charge in [-0.2, -0.15) is 0 Å². The van der Waals surface area contributed by atoms with Crippen LogP contribution in [0.5, 0.6) is 0 Å². The van der Waals surface area contributed by atoms with Crippen LogP contribution >= 0.6 is 11.6 Å². The Morgan fingerprint density at radius 2 is 1.94 bits per heavy atom. The van der Waals surface area contributed by atoms with Gasteiger partial charge < -0.3 is 15.5 Å². The highest BCUT2D eigenvalue weighted by Crippen LogP contribution is 2.26. The Hall–Kier alpha value is -0.770. The van der Waals surface area contributed by atoms with Crippen LogP contribution in [0, 0.1) is 0 Å². The first kappa shape index (κ1) is 13.7. The number of nitrogens with two attached hydrogens (primary N) is 1. The van der Waals surface area contributed by atoms with Gasteiger partial charge in [-0.3, -0.25) is 0 Å². The second-order valence-electron chi connectivity index (χ2n) is 5.24. The standard InChI is InChI=1S/C14H22ClN3/c1-11(16)9-12-10-13(15)3-4-14(12)18-7-5-17(2)6-8-18/h3-4,10-11H,5-9,16H2,1-2H3. The molecule has 1 aromatic rings. The van der Waals surface area contributed by atoms with Gasteiger partial charge in [-0.05, 0) is 44.2 Å². The average Bonchev–Trinajstić information content (AvgIpc) is 2.30. The van der Waals surface area contributed by atoms with E-state index < -0.39 is 0 Å². The minimum Gasteiger partial charge on any atom is -0.369 e. The van der Waals surface area contributed by atoms with Gasteiger partial charge in [-0.15, -0.1) is 0 Å². The minimum absolute atomic E-state index is 0.162. The second kappa shape index (κ2) is 5.91. The summed E-state index contributed by atoms with van der Waals surface area (Å²) < 4.78 is 0. The molecule has 2 N–H and O–H groups in total. The van der Waals surface area contributed by atoms with E-state index >= 15 is 0 Å². The van der Waals surface area contributed by atoms with E-state index in [9.17, 15) is 0 Å². The number of rotatable bonds is 3. The van der Waals surface area contributed by atoms with Crippen LogP contribution in [0.2, 0.25) is 5.02 Å². The van der Waals surface area contributed by atoms with Crippen molar-refractivity contribution >= 4 is 17.3 Å². The van der Waals surface area contributed by atoms with E-state index in [1.807, 2.05) is 13.0 Å². The molecule has 0 aromatic heterocycles. The summed E-state index contributed by atoms with van der Waals surface area (Å²) in [6, 6.07) is 6.32. The lowest BCUT2D eigenvalue weighted by Gasteiger charge is -2.35. The van der Waals surface area contributed by atoms with Crippen molar-refractivity contribution in [3.05, 3.63) is 28.8 Å². The highest BCUT2D eigenvalue weighted by molar-refractivity contribution is 6.30. The van der Waals surface area contributed by atoms with Gasteiger partial charge in [0.05, 0.1) is 0 Å². The maximum Gasteiger partial charge on any atom is 0.0410 e.